The van der Waals surface area contributed by atoms with Gasteiger partial charge in [0, 0.05) is 18.1 Å². The van der Waals surface area contributed by atoms with Gasteiger partial charge in [0.1, 0.15) is 6.04 Å². The molecule has 3 aliphatic rings. The summed E-state index contributed by atoms with van der Waals surface area (Å²) in [6.07, 6.45) is 14.7. The van der Waals surface area contributed by atoms with Crippen molar-refractivity contribution < 1.29 is 9.59 Å². The molecule has 3 amide bonds. The predicted molar refractivity (Wildman–Crippen MR) is 118 cm³/mol. The number of carbonyl (C=O) groups is 2. The first-order chi connectivity index (χ1) is 14.0. The van der Waals surface area contributed by atoms with Crippen LogP contribution in [0.25, 0.3) is 0 Å². The van der Waals surface area contributed by atoms with Crippen LogP contribution in [0.3, 0.4) is 0 Å². The lowest BCUT2D eigenvalue weighted by Crippen LogP contribution is -2.59. The van der Waals surface area contributed by atoms with Gasteiger partial charge in [-0.05, 0) is 57.3 Å². The SMILES string of the molecule is CCC1(NC(=O)NC(C(=O)N2CCC(C)C2C)C2CCCCCC2)CCCCC1. The van der Waals surface area contributed by atoms with E-state index in [0.29, 0.717) is 5.92 Å². The fourth-order valence-corrected chi connectivity index (χ4v) is 5.82. The molecule has 0 bridgehead atoms. The Morgan fingerprint density at radius 3 is 2.14 bits per heavy atom. The Morgan fingerprint density at radius 2 is 1.59 bits per heavy atom. The van der Waals surface area contributed by atoms with E-state index < -0.39 is 0 Å². The minimum absolute atomic E-state index is 0.0885. The average Bonchev–Trinajstić information content (AvgIpc) is 2.91. The molecule has 29 heavy (non-hydrogen) atoms. The molecule has 0 spiro atoms. The molecule has 3 atom stereocenters. The van der Waals surface area contributed by atoms with Gasteiger partial charge in [0.25, 0.3) is 0 Å². The van der Waals surface area contributed by atoms with Crippen molar-refractivity contribution in [2.45, 2.75) is 122 Å². The van der Waals surface area contributed by atoms with E-state index in [1.165, 1.54) is 44.9 Å². The van der Waals surface area contributed by atoms with E-state index in [1.54, 1.807) is 0 Å². The third-order valence-corrected chi connectivity index (χ3v) is 8.21. The van der Waals surface area contributed by atoms with E-state index >= 15 is 0 Å². The van der Waals surface area contributed by atoms with E-state index in [4.69, 9.17) is 0 Å². The molecule has 3 fully saturated rings. The molecule has 0 aromatic rings. The van der Waals surface area contributed by atoms with Gasteiger partial charge >= 0.3 is 6.03 Å². The van der Waals surface area contributed by atoms with Crippen LogP contribution in [0.1, 0.15) is 104 Å². The molecule has 2 N–H and O–H groups in total. The van der Waals surface area contributed by atoms with Crippen LogP contribution in [-0.4, -0.2) is 41.0 Å². The van der Waals surface area contributed by atoms with Gasteiger partial charge in [-0.25, -0.2) is 4.79 Å². The van der Waals surface area contributed by atoms with Gasteiger partial charge in [-0.3, -0.25) is 4.79 Å². The van der Waals surface area contributed by atoms with E-state index in [-0.39, 0.29) is 35.5 Å². The molecule has 1 aliphatic heterocycles. The number of hydrogen-bond acceptors (Lipinski definition) is 2. The Hall–Kier alpha value is -1.26. The Labute approximate surface area is 177 Å². The standard InChI is InChI=1S/C24H43N3O2/c1-4-24(15-10-7-11-16-24)26-23(29)25-21(20-12-8-5-6-9-13-20)22(28)27-17-14-18(2)19(27)3/h18-21H,4-17H2,1-3H3,(H2,25,26,29). The van der Waals surface area contributed by atoms with Gasteiger partial charge in [-0.2, -0.15) is 0 Å². The van der Waals surface area contributed by atoms with Crippen molar-refractivity contribution >= 4 is 11.9 Å². The summed E-state index contributed by atoms with van der Waals surface area (Å²) >= 11 is 0. The number of urea groups is 1. The molecule has 5 heteroatoms. The van der Waals surface area contributed by atoms with Gasteiger partial charge in [0.15, 0.2) is 0 Å². The third-order valence-electron chi connectivity index (χ3n) is 8.21. The minimum Gasteiger partial charge on any atom is -0.338 e. The first-order valence-corrected chi connectivity index (χ1v) is 12.3. The largest absolute Gasteiger partial charge is 0.338 e. The Kier molecular flexibility index (Phi) is 7.86. The van der Waals surface area contributed by atoms with E-state index in [0.717, 1.165) is 45.1 Å². The molecular weight excluding hydrogens is 362 g/mol. The smallest absolute Gasteiger partial charge is 0.315 e. The van der Waals surface area contributed by atoms with Crippen molar-refractivity contribution in [1.82, 2.24) is 15.5 Å². The molecule has 0 aromatic carbocycles. The third kappa shape index (κ3) is 5.46. The van der Waals surface area contributed by atoms with Crippen molar-refractivity contribution in [2.75, 3.05) is 6.54 Å². The number of amides is 3. The second-order valence-electron chi connectivity index (χ2n) is 10.1. The highest BCUT2D eigenvalue weighted by atomic mass is 16.2. The second kappa shape index (κ2) is 10.2. The summed E-state index contributed by atoms with van der Waals surface area (Å²) in [6.45, 7) is 7.39. The average molecular weight is 406 g/mol. The van der Waals surface area contributed by atoms with Crippen molar-refractivity contribution in [3.05, 3.63) is 0 Å². The number of hydrogen-bond donors (Lipinski definition) is 2. The Balaban J connectivity index is 1.71. The first kappa shape index (κ1) is 22.4. The first-order valence-electron chi connectivity index (χ1n) is 12.3. The fourth-order valence-electron chi connectivity index (χ4n) is 5.82. The molecule has 3 rings (SSSR count). The van der Waals surface area contributed by atoms with Gasteiger partial charge in [0.05, 0.1) is 0 Å². The maximum Gasteiger partial charge on any atom is 0.315 e. The fraction of sp³-hybridized carbons (Fsp3) is 0.917. The zero-order valence-electron chi connectivity index (χ0n) is 19.0. The summed E-state index contributed by atoms with van der Waals surface area (Å²) < 4.78 is 0. The number of nitrogens with one attached hydrogen (secondary N) is 2. The van der Waals surface area contributed by atoms with Crippen LogP contribution in [0.4, 0.5) is 4.79 Å². The van der Waals surface area contributed by atoms with E-state index in [9.17, 15) is 9.59 Å². The van der Waals surface area contributed by atoms with Crippen LogP contribution < -0.4 is 10.6 Å². The van der Waals surface area contributed by atoms with Crippen LogP contribution in [0, 0.1) is 11.8 Å². The minimum atomic E-state index is -0.377. The molecular formula is C24H43N3O2. The quantitative estimate of drug-likeness (QED) is 0.633. The number of rotatable bonds is 5. The summed E-state index contributed by atoms with van der Waals surface area (Å²) in [6, 6.07) is -0.240. The number of likely N-dealkylation sites (tertiary alicyclic amines) is 1. The Bertz CT molecular complexity index is 550. The number of nitrogens with zero attached hydrogens (tertiary/aromatic N) is 1. The van der Waals surface area contributed by atoms with Gasteiger partial charge in [-0.1, -0.05) is 58.8 Å². The maximum absolute atomic E-state index is 13.6. The molecule has 2 aliphatic carbocycles. The monoisotopic (exact) mass is 405 g/mol. The normalized spacial score (nSPS) is 29.1. The number of carbonyl (C=O) groups excluding carboxylic acids is 2. The Morgan fingerprint density at radius 1 is 0.966 bits per heavy atom. The van der Waals surface area contributed by atoms with Crippen molar-refractivity contribution in [2.24, 2.45) is 11.8 Å². The van der Waals surface area contributed by atoms with Crippen molar-refractivity contribution in [1.29, 1.82) is 0 Å². The van der Waals surface area contributed by atoms with Crippen LogP contribution in [-0.2, 0) is 4.79 Å². The molecule has 166 valence electrons. The summed E-state index contributed by atoms with van der Waals surface area (Å²) in [7, 11) is 0. The van der Waals surface area contributed by atoms with E-state index in [2.05, 4.69) is 31.4 Å². The molecule has 2 saturated carbocycles. The summed E-state index contributed by atoms with van der Waals surface area (Å²) in [5.41, 5.74) is -0.0885. The van der Waals surface area contributed by atoms with Crippen LogP contribution in [0.15, 0.2) is 0 Å². The predicted octanol–water partition coefficient (Wildman–Crippen LogP) is 4.99. The highest BCUT2D eigenvalue weighted by Gasteiger charge is 2.40. The second-order valence-corrected chi connectivity index (χ2v) is 10.1. The van der Waals surface area contributed by atoms with Crippen LogP contribution >= 0.6 is 0 Å². The summed E-state index contributed by atoms with van der Waals surface area (Å²) in [5.74, 6) is 0.953. The molecule has 1 heterocycles. The highest BCUT2D eigenvalue weighted by Crippen LogP contribution is 2.32. The topological polar surface area (TPSA) is 61.4 Å². The molecule has 3 unspecified atom stereocenters. The zero-order valence-corrected chi connectivity index (χ0v) is 19.0. The molecule has 0 radical (unpaired) electrons. The van der Waals surface area contributed by atoms with Gasteiger partial charge < -0.3 is 15.5 Å². The van der Waals surface area contributed by atoms with Crippen molar-refractivity contribution in [3.8, 4) is 0 Å². The lowest BCUT2D eigenvalue weighted by Gasteiger charge is -2.39. The highest BCUT2D eigenvalue weighted by molar-refractivity contribution is 5.88. The maximum atomic E-state index is 13.6. The lowest BCUT2D eigenvalue weighted by molar-refractivity contribution is -0.135. The summed E-state index contributed by atoms with van der Waals surface area (Å²) in [4.78, 5) is 28.7. The van der Waals surface area contributed by atoms with Crippen LogP contribution in [0.5, 0.6) is 0 Å². The van der Waals surface area contributed by atoms with E-state index in [1.807, 2.05) is 4.90 Å². The molecule has 5 nitrogen and oxygen atoms in total. The molecule has 0 aromatic heterocycles. The molecule has 1 saturated heterocycles. The van der Waals surface area contributed by atoms with Crippen LogP contribution in [0.2, 0.25) is 0 Å². The summed E-state index contributed by atoms with van der Waals surface area (Å²) in [5, 5.41) is 6.50. The lowest BCUT2D eigenvalue weighted by atomic mass is 9.80. The zero-order chi connectivity index (χ0) is 20.9. The van der Waals surface area contributed by atoms with Gasteiger partial charge in [-0.15, -0.1) is 0 Å². The van der Waals surface area contributed by atoms with Crippen molar-refractivity contribution in [3.63, 3.8) is 0 Å². The van der Waals surface area contributed by atoms with Gasteiger partial charge in [0.2, 0.25) is 5.91 Å².